The van der Waals surface area contributed by atoms with Crippen molar-refractivity contribution in [1.82, 2.24) is 4.98 Å². The zero-order chi connectivity index (χ0) is 15.1. The van der Waals surface area contributed by atoms with Gasteiger partial charge in [0.15, 0.2) is 0 Å². The lowest BCUT2D eigenvalue weighted by Gasteiger charge is -2.32. The number of nitrogens with zero attached hydrogens (tertiary/aromatic N) is 1. The number of rotatable bonds is 3. The van der Waals surface area contributed by atoms with Gasteiger partial charge in [-0.15, -0.1) is 0 Å². The van der Waals surface area contributed by atoms with E-state index in [1.165, 1.54) is 0 Å². The van der Waals surface area contributed by atoms with E-state index in [0.29, 0.717) is 16.7 Å². The van der Waals surface area contributed by atoms with Crippen LogP contribution in [0.2, 0.25) is 0 Å². The number of hydrogen-bond donors (Lipinski definition) is 0. The van der Waals surface area contributed by atoms with Gasteiger partial charge in [-0.1, -0.05) is 6.07 Å². The second-order valence-electron chi connectivity index (χ2n) is 6.20. The van der Waals surface area contributed by atoms with Crippen molar-refractivity contribution in [3.05, 3.63) is 23.5 Å². The first kappa shape index (κ1) is 15.4. The predicted octanol–water partition coefficient (Wildman–Crippen LogP) is 2.50. The van der Waals surface area contributed by atoms with E-state index in [1.807, 2.05) is 27.7 Å². The Hall–Kier alpha value is -1.01. The van der Waals surface area contributed by atoms with E-state index >= 15 is 0 Å². The van der Waals surface area contributed by atoms with Crippen molar-refractivity contribution >= 4 is 12.6 Å². The normalized spacial score (nSPS) is 20.7. The maximum Gasteiger partial charge on any atom is 0.496 e. The van der Waals surface area contributed by atoms with Crippen molar-refractivity contribution < 1.29 is 18.1 Å². The lowest BCUT2D eigenvalue weighted by Crippen LogP contribution is -2.41. The molecule has 0 unspecified atom stereocenters. The van der Waals surface area contributed by atoms with E-state index in [4.69, 9.17) is 9.31 Å². The molecule has 2 rings (SSSR count). The number of aromatic nitrogens is 1. The highest BCUT2D eigenvalue weighted by Gasteiger charge is 2.51. The Morgan fingerprint density at radius 2 is 1.75 bits per heavy atom. The summed E-state index contributed by atoms with van der Waals surface area (Å²) in [6, 6.07) is 1.70. The van der Waals surface area contributed by atoms with E-state index in [-0.39, 0.29) is 6.42 Å². The summed E-state index contributed by atoms with van der Waals surface area (Å²) in [5, 5.41) is 0. The maximum atomic E-state index is 12.6. The average Bonchev–Trinajstić information content (AvgIpc) is 2.50. The van der Waals surface area contributed by atoms with Crippen molar-refractivity contribution in [1.29, 1.82) is 0 Å². The van der Waals surface area contributed by atoms with Gasteiger partial charge in [-0.3, -0.25) is 4.98 Å². The molecule has 0 atom stereocenters. The van der Waals surface area contributed by atoms with Crippen molar-refractivity contribution in [3.63, 3.8) is 0 Å². The maximum absolute atomic E-state index is 12.6. The van der Waals surface area contributed by atoms with Crippen LogP contribution >= 0.6 is 0 Å². The van der Waals surface area contributed by atoms with Crippen LogP contribution in [0.3, 0.4) is 0 Å². The summed E-state index contributed by atoms with van der Waals surface area (Å²) in [6.45, 7) is 9.54. The lowest BCUT2D eigenvalue weighted by molar-refractivity contribution is 0.00578. The number of hydrogen-bond acceptors (Lipinski definition) is 3. The molecule has 0 aliphatic carbocycles. The molecule has 1 aromatic heterocycles. The van der Waals surface area contributed by atoms with Gasteiger partial charge in [0.2, 0.25) is 6.43 Å². The molecular weight excluding hydrogens is 263 g/mol. The Labute approximate surface area is 118 Å². The average molecular weight is 283 g/mol. The van der Waals surface area contributed by atoms with Crippen molar-refractivity contribution in [2.24, 2.45) is 0 Å². The summed E-state index contributed by atoms with van der Waals surface area (Å²) in [6.07, 6.45) is -1.05. The smallest absolute Gasteiger partial charge is 0.399 e. The fraction of sp³-hybridized carbons (Fsp3) is 0.643. The van der Waals surface area contributed by atoms with Crippen LogP contribution in [-0.4, -0.2) is 29.7 Å². The third-order valence-electron chi connectivity index (χ3n) is 4.11. The molecule has 1 aliphatic rings. The molecular formula is C14H20BF2NO2. The van der Waals surface area contributed by atoms with Crippen molar-refractivity contribution in [3.8, 4) is 0 Å². The second kappa shape index (κ2) is 5.08. The number of alkyl halides is 2. The van der Waals surface area contributed by atoms with Gasteiger partial charge in [-0.25, -0.2) is 8.78 Å². The quantitative estimate of drug-likeness (QED) is 0.799. The second-order valence-corrected chi connectivity index (χ2v) is 6.20. The minimum Gasteiger partial charge on any atom is -0.399 e. The third kappa shape index (κ3) is 2.86. The molecule has 1 saturated heterocycles. The van der Waals surface area contributed by atoms with E-state index in [0.717, 1.165) is 0 Å². The molecule has 0 amide bonds. The van der Waals surface area contributed by atoms with Crippen LogP contribution in [0, 0.1) is 6.92 Å². The SMILES string of the molecule is Cc1ncc(B2OC(C)(C)C(C)(C)O2)cc1CC(F)F. The van der Waals surface area contributed by atoms with Crippen LogP contribution in [0.25, 0.3) is 0 Å². The molecule has 6 heteroatoms. The predicted molar refractivity (Wildman–Crippen MR) is 74.4 cm³/mol. The molecule has 0 bridgehead atoms. The Morgan fingerprint density at radius 3 is 2.25 bits per heavy atom. The zero-order valence-corrected chi connectivity index (χ0v) is 12.5. The molecule has 20 heavy (non-hydrogen) atoms. The Bertz CT molecular complexity index is 490. The van der Waals surface area contributed by atoms with Crippen molar-refractivity contribution in [2.75, 3.05) is 0 Å². The summed E-state index contributed by atoms with van der Waals surface area (Å²) >= 11 is 0. The van der Waals surface area contributed by atoms with Gasteiger partial charge in [0.1, 0.15) is 0 Å². The van der Waals surface area contributed by atoms with Gasteiger partial charge in [0.05, 0.1) is 11.2 Å². The van der Waals surface area contributed by atoms with Gasteiger partial charge < -0.3 is 9.31 Å². The molecule has 0 aromatic carbocycles. The Kier molecular flexibility index (Phi) is 3.91. The highest BCUT2D eigenvalue weighted by molar-refractivity contribution is 6.62. The zero-order valence-electron chi connectivity index (χ0n) is 12.5. The van der Waals surface area contributed by atoms with Gasteiger partial charge in [0.25, 0.3) is 0 Å². The first-order valence-corrected chi connectivity index (χ1v) is 6.71. The molecule has 1 fully saturated rings. The van der Waals surface area contributed by atoms with Crippen LogP contribution < -0.4 is 5.46 Å². The van der Waals surface area contributed by atoms with E-state index in [2.05, 4.69) is 4.98 Å². The molecule has 1 aliphatic heterocycles. The molecule has 0 spiro atoms. The molecule has 0 radical (unpaired) electrons. The largest absolute Gasteiger partial charge is 0.496 e. The van der Waals surface area contributed by atoms with Gasteiger partial charge in [-0.2, -0.15) is 0 Å². The van der Waals surface area contributed by atoms with Gasteiger partial charge >= 0.3 is 7.12 Å². The molecule has 110 valence electrons. The first-order valence-electron chi connectivity index (χ1n) is 6.71. The number of pyridine rings is 1. The summed E-state index contributed by atoms with van der Waals surface area (Å²) in [4.78, 5) is 4.18. The molecule has 0 N–H and O–H groups in total. The van der Waals surface area contributed by atoms with Crippen LogP contribution in [0.15, 0.2) is 12.3 Å². The van der Waals surface area contributed by atoms with E-state index in [9.17, 15) is 8.78 Å². The fourth-order valence-corrected chi connectivity index (χ4v) is 2.08. The van der Waals surface area contributed by atoms with Crippen molar-refractivity contribution in [2.45, 2.75) is 58.7 Å². The van der Waals surface area contributed by atoms with E-state index in [1.54, 1.807) is 19.2 Å². The third-order valence-corrected chi connectivity index (χ3v) is 4.11. The van der Waals surface area contributed by atoms with Gasteiger partial charge in [-0.05, 0) is 40.2 Å². The fourth-order valence-electron chi connectivity index (χ4n) is 2.08. The monoisotopic (exact) mass is 283 g/mol. The molecule has 3 nitrogen and oxygen atoms in total. The summed E-state index contributed by atoms with van der Waals surface area (Å²) < 4.78 is 36.9. The standard InChI is InChI=1S/C14H20BF2NO2/c1-9-10(7-12(16)17)6-11(8-18-9)15-19-13(2,3)14(4,5)20-15/h6,8,12H,7H2,1-5H3. The summed E-state index contributed by atoms with van der Waals surface area (Å²) in [7, 11) is -0.565. The molecule has 1 aromatic rings. The minimum absolute atomic E-state index is 0.299. The first-order chi connectivity index (χ1) is 9.12. The highest BCUT2D eigenvalue weighted by Crippen LogP contribution is 2.36. The Morgan fingerprint density at radius 1 is 1.20 bits per heavy atom. The van der Waals surface area contributed by atoms with E-state index < -0.39 is 24.7 Å². The number of aryl methyl sites for hydroxylation is 1. The van der Waals surface area contributed by atoms with Crippen LogP contribution in [0.1, 0.15) is 39.0 Å². The molecule has 0 saturated carbocycles. The minimum atomic E-state index is -2.39. The Balaban J connectivity index is 2.27. The van der Waals surface area contributed by atoms with Crippen LogP contribution in [0.5, 0.6) is 0 Å². The number of halogens is 2. The highest BCUT2D eigenvalue weighted by atomic mass is 19.3. The van der Waals surface area contributed by atoms with Crippen LogP contribution in [0.4, 0.5) is 8.78 Å². The lowest BCUT2D eigenvalue weighted by atomic mass is 9.79. The van der Waals surface area contributed by atoms with Crippen LogP contribution in [-0.2, 0) is 15.7 Å². The molecule has 2 heterocycles. The summed E-state index contributed by atoms with van der Waals surface area (Å²) in [5.41, 5.74) is 0.930. The topological polar surface area (TPSA) is 31.4 Å². The summed E-state index contributed by atoms with van der Waals surface area (Å²) in [5.74, 6) is 0. The van der Waals surface area contributed by atoms with Gasteiger partial charge in [0, 0.05) is 23.8 Å².